The first-order valence-electron chi connectivity index (χ1n) is 5.66. The van der Waals surface area contributed by atoms with Crippen molar-refractivity contribution in [1.82, 2.24) is 9.38 Å². The molecule has 0 bridgehead atoms. The van der Waals surface area contributed by atoms with Crippen LogP contribution in [0.15, 0.2) is 18.3 Å². The zero-order valence-electron chi connectivity index (χ0n) is 8.99. The minimum Gasteiger partial charge on any atom is -0.325 e. The lowest BCUT2D eigenvalue weighted by molar-refractivity contribution is 0.400. The van der Waals surface area contributed by atoms with Crippen molar-refractivity contribution in [3.05, 3.63) is 34.9 Å². The molecule has 84 valence electrons. The SMILES string of the molecule is NCc1nc(C2CCC2)n2cccc(Cl)c12. The van der Waals surface area contributed by atoms with Crippen molar-refractivity contribution in [2.24, 2.45) is 5.73 Å². The molecule has 0 aromatic carbocycles. The van der Waals surface area contributed by atoms with E-state index in [0.717, 1.165) is 22.1 Å². The molecule has 4 heteroatoms. The van der Waals surface area contributed by atoms with E-state index in [4.69, 9.17) is 17.3 Å². The molecule has 3 nitrogen and oxygen atoms in total. The van der Waals surface area contributed by atoms with E-state index in [1.165, 1.54) is 19.3 Å². The fraction of sp³-hybridized carbons (Fsp3) is 0.417. The van der Waals surface area contributed by atoms with Crippen molar-refractivity contribution in [3.63, 3.8) is 0 Å². The molecule has 2 aromatic heterocycles. The van der Waals surface area contributed by atoms with Gasteiger partial charge in [0.15, 0.2) is 0 Å². The molecule has 0 saturated heterocycles. The van der Waals surface area contributed by atoms with Gasteiger partial charge >= 0.3 is 0 Å². The first kappa shape index (κ1) is 10.1. The van der Waals surface area contributed by atoms with Crippen LogP contribution in [0.3, 0.4) is 0 Å². The normalized spacial score (nSPS) is 16.6. The van der Waals surface area contributed by atoms with E-state index in [9.17, 15) is 0 Å². The number of imidazole rings is 1. The van der Waals surface area contributed by atoms with Crippen LogP contribution in [0.4, 0.5) is 0 Å². The second kappa shape index (κ2) is 3.75. The van der Waals surface area contributed by atoms with E-state index < -0.39 is 0 Å². The number of pyridine rings is 1. The molecule has 16 heavy (non-hydrogen) atoms. The van der Waals surface area contributed by atoms with Crippen molar-refractivity contribution in [2.45, 2.75) is 31.7 Å². The molecule has 0 radical (unpaired) electrons. The third-order valence-electron chi connectivity index (χ3n) is 3.38. The van der Waals surface area contributed by atoms with E-state index in [0.29, 0.717) is 12.5 Å². The summed E-state index contributed by atoms with van der Waals surface area (Å²) in [6.45, 7) is 0.444. The lowest BCUT2D eigenvalue weighted by atomic mass is 9.85. The lowest BCUT2D eigenvalue weighted by Crippen LogP contribution is -2.12. The summed E-state index contributed by atoms with van der Waals surface area (Å²) in [5, 5.41) is 0.737. The molecule has 0 aliphatic heterocycles. The van der Waals surface area contributed by atoms with E-state index >= 15 is 0 Å². The fourth-order valence-corrected chi connectivity index (χ4v) is 2.56. The molecule has 0 spiro atoms. The van der Waals surface area contributed by atoms with Gasteiger partial charge in [-0.15, -0.1) is 0 Å². The Hall–Kier alpha value is -1.06. The summed E-state index contributed by atoms with van der Waals surface area (Å²) in [6, 6.07) is 3.85. The number of nitrogens with zero attached hydrogens (tertiary/aromatic N) is 2. The van der Waals surface area contributed by atoms with Gasteiger partial charge in [-0.2, -0.15) is 0 Å². The Labute approximate surface area is 99.2 Å². The van der Waals surface area contributed by atoms with Crippen LogP contribution in [-0.4, -0.2) is 9.38 Å². The van der Waals surface area contributed by atoms with Crippen LogP contribution in [0.25, 0.3) is 5.52 Å². The molecule has 0 unspecified atom stereocenters. The van der Waals surface area contributed by atoms with Gasteiger partial charge in [0.25, 0.3) is 0 Å². The van der Waals surface area contributed by atoms with Crippen LogP contribution in [0.5, 0.6) is 0 Å². The number of nitrogens with two attached hydrogens (primary N) is 1. The maximum atomic E-state index is 6.20. The summed E-state index contributed by atoms with van der Waals surface area (Å²) in [4.78, 5) is 4.64. The number of aromatic nitrogens is 2. The standard InChI is InChI=1S/C12H14ClN3/c13-9-5-2-6-16-11(9)10(7-14)15-12(16)8-3-1-4-8/h2,5-6,8H,1,3-4,7,14H2. The number of fused-ring (bicyclic) bond motifs is 1. The molecule has 2 aromatic rings. The first-order chi connectivity index (χ1) is 7.81. The number of halogens is 1. The molecule has 0 atom stereocenters. The molecule has 1 fully saturated rings. The largest absolute Gasteiger partial charge is 0.325 e. The Balaban J connectivity index is 2.25. The highest BCUT2D eigenvalue weighted by atomic mass is 35.5. The van der Waals surface area contributed by atoms with Gasteiger partial charge in [-0.25, -0.2) is 4.98 Å². The minimum atomic E-state index is 0.444. The Bertz CT molecular complexity index is 528. The Morgan fingerprint density at radius 3 is 2.94 bits per heavy atom. The first-order valence-corrected chi connectivity index (χ1v) is 6.04. The molecule has 1 aliphatic rings. The summed E-state index contributed by atoms with van der Waals surface area (Å²) < 4.78 is 2.11. The van der Waals surface area contributed by atoms with E-state index in [1.54, 1.807) is 0 Å². The van der Waals surface area contributed by atoms with Crippen molar-refractivity contribution in [3.8, 4) is 0 Å². The zero-order chi connectivity index (χ0) is 11.1. The number of rotatable bonds is 2. The van der Waals surface area contributed by atoms with Gasteiger partial charge in [0.2, 0.25) is 0 Å². The second-order valence-electron chi connectivity index (χ2n) is 4.32. The predicted molar refractivity (Wildman–Crippen MR) is 64.7 cm³/mol. The average Bonchev–Trinajstić information content (AvgIpc) is 2.56. The molecule has 1 aliphatic carbocycles. The fourth-order valence-electron chi connectivity index (χ4n) is 2.29. The lowest BCUT2D eigenvalue weighted by Gasteiger charge is -2.23. The van der Waals surface area contributed by atoms with Gasteiger partial charge in [-0.05, 0) is 25.0 Å². The molecule has 2 N–H and O–H groups in total. The zero-order valence-corrected chi connectivity index (χ0v) is 9.74. The Morgan fingerprint density at radius 2 is 2.31 bits per heavy atom. The summed E-state index contributed by atoms with van der Waals surface area (Å²) >= 11 is 6.20. The van der Waals surface area contributed by atoms with Gasteiger partial charge in [-0.1, -0.05) is 18.0 Å². The van der Waals surface area contributed by atoms with Crippen LogP contribution in [-0.2, 0) is 6.54 Å². The highest BCUT2D eigenvalue weighted by Gasteiger charge is 2.25. The van der Waals surface area contributed by atoms with Crippen LogP contribution in [0.1, 0.15) is 36.7 Å². The molecule has 2 heterocycles. The van der Waals surface area contributed by atoms with Gasteiger partial charge in [-0.3, -0.25) is 0 Å². The van der Waals surface area contributed by atoms with Gasteiger partial charge in [0.1, 0.15) is 5.82 Å². The topological polar surface area (TPSA) is 43.3 Å². The maximum Gasteiger partial charge on any atom is 0.116 e. The van der Waals surface area contributed by atoms with Gasteiger partial charge < -0.3 is 10.1 Å². The van der Waals surface area contributed by atoms with E-state index in [1.807, 2.05) is 18.3 Å². The van der Waals surface area contributed by atoms with Crippen molar-refractivity contribution >= 4 is 17.1 Å². The second-order valence-corrected chi connectivity index (χ2v) is 4.73. The van der Waals surface area contributed by atoms with E-state index in [2.05, 4.69) is 9.38 Å². The average molecular weight is 236 g/mol. The van der Waals surface area contributed by atoms with Crippen LogP contribution in [0.2, 0.25) is 5.02 Å². The van der Waals surface area contributed by atoms with Gasteiger partial charge in [0.05, 0.1) is 16.2 Å². The quantitative estimate of drug-likeness (QED) is 0.870. The summed E-state index contributed by atoms with van der Waals surface area (Å²) in [5.74, 6) is 1.72. The van der Waals surface area contributed by atoms with Crippen molar-refractivity contribution < 1.29 is 0 Å². The summed E-state index contributed by atoms with van der Waals surface area (Å²) in [5.41, 5.74) is 7.61. The summed E-state index contributed by atoms with van der Waals surface area (Å²) in [7, 11) is 0. The molecule has 1 saturated carbocycles. The summed E-state index contributed by atoms with van der Waals surface area (Å²) in [6.07, 6.45) is 5.80. The van der Waals surface area contributed by atoms with Crippen LogP contribution in [0, 0.1) is 0 Å². The highest BCUT2D eigenvalue weighted by molar-refractivity contribution is 6.34. The van der Waals surface area contributed by atoms with Gasteiger partial charge in [0, 0.05) is 18.7 Å². The highest BCUT2D eigenvalue weighted by Crippen LogP contribution is 2.37. The smallest absolute Gasteiger partial charge is 0.116 e. The predicted octanol–water partition coefficient (Wildman–Crippen LogP) is 2.71. The number of hydrogen-bond acceptors (Lipinski definition) is 2. The Kier molecular flexibility index (Phi) is 2.37. The molecular formula is C12H14ClN3. The molecule has 0 amide bonds. The van der Waals surface area contributed by atoms with Crippen molar-refractivity contribution in [1.29, 1.82) is 0 Å². The minimum absolute atomic E-state index is 0.444. The molecule has 3 rings (SSSR count). The van der Waals surface area contributed by atoms with E-state index in [-0.39, 0.29) is 0 Å². The molecular weight excluding hydrogens is 222 g/mol. The number of hydrogen-bond donors (Lipinski definition) is 1. The van der Waals surface area contributed by atoms with Crippen molar-refractivity contribution in [2.75, 3.05) is 0 Å². The monoisotopic (exact) mass is 235 g/mol. The third-order valence-corrected chi connectivity index (χ3v) is 3.68. The van der Waals surface area contributed by atoms with Crippen LogP contribution < -0.4 is 5.73 Å². The van der Waals surface area contributed by atoms with Crippen LogP contribution >= 0.6 is 11.6 Å². The third kappa shape index (κ3) is 1.35. The maximum absolute atomic E-state index is 6.20. The Morgan fingerprint density at radius 1 is 1.50 bits per heavy atom.